The van der Waals surface area contributed by atoms with Crippen molar-refractivity contribution in [2.75, 3.05) is 0 Å². The molecule has 0 bridgehead atoms. The van der Waals surface area contributed by atoms with Crippen LogP contribution in [0.5, 0.6) is 0 Å². The van der Waals surface area contributed by atoms with E-state index in [-0.39, 0.29) is 12.8 Å². The molecule has 2 aliphatic rings. The predicted octanol–water partition coefficient (Wildman–Crippen LogP) is 3.67. The first-order chi connectivity index (χ1) is 8.01. The van der Waals surface area contributed by atoms with Crippen LogP contribution in [0.3, 0.4) is 0 Å². The van der Waals surface area contributed by atoms with Crippen LogP contribution in [-0.4, -0.2) is 10.9 Å². The van der Waals surface area contributed by atoms with Crippen LogP contribution in [0.25, 0.3) is 0 Å². The highest BCUT2D eigenvalue weighted by atomic mass is 35.5. The van der Waals surface area contributed by atoms with E-state index in [1.807, 2.05) is 6.07 Å². The summed E-state index contributed by atoms with van der Waals surface area (Å²) in [5, 5.41) is 0.394. The summed E-state index contributed by atoms with van der Waals surface area (Å²) >= 11 is 5.87. The minimum atomic E-state index is -2.56. The number of pyridine rings is 1. The molecule has 0 aromatic carbocycles. The van der Waals surface area contributed by atoms with Gasteiger partial charge < -0.3 is 4.74 Å². The lowest BCUT2D eigenvalue weighted by molar-refractivity contribution is -0.132. The quantitative estimate of drug-likeness (QED) is 0.663. The summed E-state index contributed by atoms with van der Waals surface area (Å²) in [6, 6.07) is 3.58. The molecule has 92 valence electrons. The van der Waals surface area contributed by atoms with Crippen molar-refractivity contribution in [1.29, 1.82) is 0 Å². The molecular formula is C12H12ClF2NO. The second-order valence-corrected chi connectivity index (χ2v) is 5.17. The standard InChI is InChI=1S/C12H12ClF2NO/c13-9-2-1-8-7-17-11(10(8)16-9)3-5-12(14,15)6-4-11/h1-2H,3-7H2. The van der Waals surface area contributed by atoms with Crippen LogP contribution in [0.15, 0.2) is 12.1 Å². The smallest absolute Gasteiger partial charge is 0.248 e. The van der Waals surface area contributed by atoms with Gasteiger partial charge in [0.1, 0.15) is 10.8 Å². The lowest BCUT2D eigenvalue weighted by Crippen LogP contribution is -2.36. The Kier molecular flexibility index (Phi) is 2.42. The van der Waals surface area contributed by atoms with Crippen LogP contribution < -0.4 is 0 Å². The number of ether oxygens (including phenoxy) is 1. The molecule has 0 radical (unpaired) electrons. The third kappa shape index (κ3) is 1.83. The van der Waals surface area contributed by atoms with Crippen molar-refractivity contribution < 1.29 is 13.5 Å². The lowest BCUT2D eigenvalue weighted by Gasteiger charge is -2.36. The molecule has 1 aliphatic carbocycles. The fourth-order valence-corrected chi connectivity index (χ4v) is 2.81. The number of aromatic nitrogens is 1. The summed E-state index contributed by atoms with van der Waals surface area (Å²) < 4.78 is 32.1. The Hall–Kier alpha value is -0.740. The van der Waals surface area contributed by atoms with Gasteiger partial charge in [-0.25, -0.2) is 13.8 Å². The van der Waals surface area contributed by atoms with Crippen LogP contribution in [0.4, 0.5) is 8.78 Å². The van der Waals surface area contributed by atoms with Gasteiger partial charge in [-0.15, -0.1) is 0 Å². The molecular weight excluding hydrogens is 248 g/mol. The van der Waals surface area contributed by atoms with E-state index >= 15 is 0 Å². The Bertz CT molecular complexity index is 454. The van der Waals surface area contributed by atoms with E-state index in [0.29, 0.717) is 24.6 Å². The van der Waals surface area contributed by atoms with E-state index in [1.54, 1.807) is 6.07 Å². The molecule has 2 heterocycles. The minimum Gasteiger partial charge on any atom is -0.364 e. The molecule has 1 saturated carbocycles. The zero-order valence-corrected chi connectivity index (χ0v) is 9.94. The molecule has 0 N–H and O–H groups in total. The molecule has 0 saturated heterocycles. The largest absolute Gasteiger partial charge is 0.364 e. The topological polar surface area (TPSA) is 22.1 Å². The SMILES string of the molecule is FC1(F)CCC2(CC1)OCc1ccc(Cl)nc12. The van der Waals surface area contributed by atoms with E-state index in [9.17, 15) is 8.78 Å². The molecule has 3 rings (SSSR count). The monoisotopic (exact) mass is 259 g/mol. The van der Waals surface area contributed by atoms with Crippen LogP contribution >= 0.6 is 11.6 Å². The number of hydrogen-bond donors (Lipinski definition) is 0. The summed E-state index contributed by atoms with van der Waals surface area (Å²) in [5.74, 6) is -2.56. The van der Waals surface area contributed by atoms with Crippen molar-refractivity contribution in [3.8, 4) is 0 Å². The van der Waals surface area contributed by atoms with Crippen LogP contribution in [0.2, 0.25) is 5.15 Å². The van der Waals surface area contributed by atoms with E-state index in [1.165, 1.54) is 0 Å². The van der Waals surface area contributed by atoms with Gasteiger partial charge in [0, 0.05) is 18.4 Å². The zero-order chi connectivity index (χ0) is 12.1. The third-order valence-electron chi connectivity index (χ3n) is 3.67. The highest BCUT2D eigenvalue weighted by Crippen LogP contribution is 2.49. The van der Waals surface area contributed by atoms with Crippen molar-refractivity contribution in [3.63, 3.8) is 0 Å². The van der Waals surface area contributed by atoms with Crippen molar-refractivity contribution in [2.24, 2.45) is 0 Å². The molecule has 0 amide bonds. The molecule has 0 atom stereocenters. The molecule has 0 unspecified atom stereocenters. The van der Waals surface area contributed by atoms with Crippen LogP contribution in [0, 0.1) is 0 Å². The highest BCUT2D eigenvalue weighted by molar-refractivity contribution is 6.29. The maximum atomic E-state index is 13.2. The minimum absolute atomic E-state index is 0.138. The van der Waals surface area contributed by atoms with Gasteiger partial charge in [0.05, 0.1) is 12.3 Å². The van der Waals surface area contributed by atoms with Crippen LogP contribution in [0.1, 0.15) is 36.9 Å². The van der Waals surface area contributed by atoms with Crippen molar-refractivity contribution in [1.82, 2.24) is 4.98 Å². The molecule has 17 heavy (non-hydrogen) atoms. The Balaban J connectivity index is 1.95. The molecule has 1 aromatic heterocycles. The van der Waals surface area contributed by atoms with Crippen molar-refractivity contribution in [3.05, 3.63) is 28.5 Å². The number of fused-ring (bicyclic) bond motifs is 2. The van der Waals surface area contributed by atoms with Gasteiger partial charge >= 0.3 is 0 Å². The first-order valence-electron chi connectivity index (χ1n) is 5.69. The summed E-state index contributed by atoms with van der Waals surface area (Å²) in [7, 11) is 0. The zero-order valence-electron chi connectivity index (χ0n) is 9.18. The highest BCUT2D eigenvalue weighted by Gasteiger charge is 2.49. The normalized spacial score (nSPS) is 24.9. The number of hydrogen-bond acceptors (Lipinski definition) is 2. The van der Waals surface area contributed by atoms with Gasteiger partial charge in [-0.05, 0) is 18.9 Å². The summed E-state index contributed by atoms with van der Waals surface area (Å²) in [6.45, 7) is 0.449. The van der Waals surface area contributed by atoms with E-state index in [4.69, 9.17) is 16.3 Å². The first-order valence-corrected chi connectivity index (χ1v) is 6.06. The number of halogens is 3. The Morgan fingerprint density at radius 2 is 1.88 bits per heavy atom. The predicted molar refractivity (Wildman–Crippen MR) is 59.1 cm³/mol. The summed E-state index contributed by atoms with van der Waals surface area (Å²) in [4.78, 5) is 4.27. The fraction of sp³-hybridized carbons (Fsp3) is 0.583. The average molecular weight is 260 g/mol. The Morgan fingerprint density at radius 3 is 2.59 bits per heavy atom. The first kappa shape index (κ1) is 11.4. The van der Waals surface area contributed by atoms with Crippen LogP contribution in [-0.2, 0) is 16.9 Å². The van der Waals surface area contributed by atoms with Gasteiger partial charge in [0.2, 0.25) is 5.92 Å². The Morgan fingerprint density at radius 1 is 1.18 bits per heavy atom. The summed E-state index contributed by atoms with van der Waals surface area (Å²) in [6.07, 6.45) is 0.363. The van der Waals surface area contributed by atoms with Gasteiger partial charge in [0.25, 0.3) is 0 Å². The number of alkyl halides is 2. The molecule has 1 aliphatic heterocycles. The van der Waals surface area contributed by atoms with E-state index < -0.39 is 11.5 Å². The van der Waals surface area contributed by atoms with Gasteiger partial charge in [-0.3, -0.25) is 0 Å². The molecule has 1 fully saturated rings. The maximum Gasteiger partial charge on any atom is 0.248 e. The van der Waals surface area contributed by atoms with Crippen molar-refractivity contribution in [2.45, 2.75) is 43.8 Å². The van der Waals surface area contributed by atoms with E-state index in [0.717, 1.165) is 11.3 Å². The van der Waals surface area contributed by atoms with E-state index in [2.05, 4.69) is 4.98 Å². The third-order valence-corrected chi connectivity index (χ3v) is 3.88. The second-order valence-electron chi connectivity index (χ2n) is 4.78. The number of rotatable bonds is 0. The molecule has 5 heteroatoms. The molecule has 1 spiro atoms. The van der Waals surface area contributed by atoms with Crippen molar-refractivity contribution >= 4 is 11.6 Å². The molecule has 1 aromatic rings. The van der Waals surface area contributed by atoms with Gasteiger partial charge in [0.15, 0.2) is 0 Å². The molecule has 2 nitrogen and oxygen atoms in total. The second kappa shape index (κ2) is 3.62. The lowest BCUT2D eigenvalue weighted by atomic mass is 9.80. The number of nitrogens with zero attached hydrogens (tertiary/aromatic N) is 1. The van der Waals surface area contributed by atoms with Gasteiger partial charge in [-0.1, -0.05) is 17.7 Å². The maximum absolute atomic E-state index is 13.2. The average Bonchev–Trinajstić information content (AvgIpc) is 2.63. The summed E-state index contributed by atoms with van der Waals surface area (Å²) in [5.41, 5.74) is 1.11. The van der Waals surface area contributed by atoms with Gasteiger partial charge in [-0.2, -0.15) is 0 Å². The Labute approximate surface area is 103 Å². The fourth-order valence-electron chi connectivity index (χ4n) is 2.66.